The van der Waals surface area contributed by atoms with E-state index in [0.29, 0.717) is 5.69 Å². The number of anilines is 2. The molecule has 0 bridgehead atoms. The van der Waals surface area contributed by atoms with Gasteiger partial charge in [0, 0.05) is 24.6 Å². The van der Waals surface area contributed by atoms with Gasteiger partial charge in [0.2, 0.25) is 15.9 Å². The molecule has 1 unspecified atom stereocenters. The van der Waals surface area contributed by atoms with Crippen molar-refractivity contribution in [2.24, 2.45) is 5.92 Å². The first-order valence-corrected chi connectivity index (χ1v) is 9.78. The van der Waals surface area contributed by atoms with Gasteiger partial charge in [-0.25, -0.2) is 8.42 Å². The van der Waals surface area contributed by atoms with Gasteiger partial charge in [-0.2, -0.15) is 8.42 Å². The summed E-state index contributed by atoms with van der Waals surface area (Å²) in [5.41, 5.74) is 0.715. The second kappa shape index (κ2) is 5.84. The second-order valence-corrected chi connectivity index (χ2v) is 8.36. The first-order chi connectivity index (χ1) is 10.0. The number of sulfonamides is 1. The van der Waals surface area contributed by atoms with Gasteiger partial charge in [0.25, 0.3) is 0 Å². The molecule has 1 amide bonds. The van der Waals surface area contributed by atoms with Crippen molar-refractivity contribution in [2.45, 2.75) is 6.42 Å². The zero-order valence-corrected chi connectivity index (χ0v) is 13.3. The Balaban J connectivity index is 2.18. The standard InChI is InChI=1S/C12H15FN2O5S2/c1-21(17,18)14-10-3-2-4-11(6-10)15-7-9(5-12(15)16)8-22(13,19)20/h2-4,6,9,14H,5,7-8H2,1H3. The lowest BCUT2D eigenvalue weighted by atomic mass is 10.1. The first kappa shape index (κ1) is 16.7. The molecule has 0 radical (unpaired) electrons. The summed E-state index contributed by atoms with van der Waals surface area (Å²) < 4.78 is 58.8. The molecule has 1 N–H and O–H groups in total. The van der Waals surface area contributed by atoms with Crippen LogP contribution in [0.15, 0.2) is 24.3 Å². The van der Waals surface area contributed by atoms with Crippen molar-refractivity contribution in [1.29, 1.82) is 0 Å². The van der Waals surface area contributed by atoms with Crippen LogP contribution in [-0.4, -0.2) is 41.3 Å². The van der Waals surface area contributed by atoms with E-state index in [-0.39, 0.29) is 24.6 Å². The fraction of sp³-hybridized carbons (Fsp3) is 0.417. The van der Waals surface area contributed by atoms with Gasteiger partial charge < -0.3 is 4.90 Å². The predicted molar refractivity (Wildman–Crippen MR) is 80.3 cm³/mol. The Morgan fingerprint density at radius 3 is 2.59 bits per heavy atom. The Labute approximate surface area is 128 Å². The quantitative estimate of drug-likeness (QED) is 0.788. The lowest BCUT2D eigenvalue weighted by Gasteiger charge is -2.17. The van der Waals surface area contributed by atoms with E-state index in [1.807, 2.05) is 0 Å². The summed E-state index contributed by atoms with van der Waals surface area (Å²) in [7, 11) is -8.09. The number of nitrogens with zero attached hydrogens (tertiary/aromatic N) is 1. The maximum absolute atomic E-state index is 12.7. The monoisotopic (exact) mass is 350 g/mol. The molecule has 0 aromatic heterocycles. The number of benzene rings is 1. The topological polar surface area (TPSA) is 101 Å². The molecule has 10 heteroatoms. The zero-order valence-electron chi connectivity index (χ0n) is 11.7. The number of nitrogens with one attached hydrogen (secondary N) is 1. The molecule has 7 nitrogen and oxygen atoms in total. The molecule has 1 saturated heterocycles. The Bertz CT molecular complexity index is 791. The number of hydrogen-bond donors (Lipinski definition) is 1. The number of amides is 1. The third-order valence-corrected chi connectivity index (χ3v) is 4.58. The molecule has 1 aliphatic rings. The summed E-state index contributed by atoms with van der Waals surface area (Å²) >= 11 is 0. The highest BCUT2D eigenvalue weighted by molar-refractivity contribution is 7.92. The zero-order chi connectivity index (χ0) is 16.5. The molecule has 1 aromatic carbocycles. The highest BCUT2D eigenvalue weighted by Crippen LogP contribution is 2.28. The van der Waals surface area contributed by atoms with Gasteiger partial charge in [-0.3, -0.25) is 9.52 Å². The minimum absolute atomic E-state index is 0.0626. The van der Waals surface area contributed by atoms with Crippen molar-refractivity contribution in [3.8, 4) is 0 Å². The first-order valence-electron chi connectivity index (χ1n) is 6.34. The van der Waals surface area contributed by atoms with Crippen LogP contribution in [0.1, 0.15) is 6.42 Å². The molecule has 0 aliphatic carbocycles. The van der Waals surface area contributed by atoms with E-state index >= 15 is 0 Å². The van der Waals surface area contributed by atoms with Crippen LogP contribution in [0.5, 0.6) is 0 Å². The van der Waals surface area contributed by atoms with E-state index in [1.165, 1.54) is 17.0 Å². The van der Waals surface area contributed by atoms with Crippen molar-refractivity contribution < 1.29 is 25.5 Å². The van der Waals surface area contributed by atoms with Crippen LogP contribution in [0, 0.1) is 5.92 Å². The fourth-order valence-electron chi connectivity index (χ4n) is 2.38. The van der Waals surface area contributed by atoms with Crippen LogP contribution in [0.2, 0.25) is 0 Å². The number of rotatable bonds is 5. The molecular formula is C12H15FN2O5S2. The summed E-state index contributed by atoms with van der Waals surface area (Å²) in [5, 5.41) is 0. The second-order valence-electron chi connectivity index (χ2n) is 5.20. The maximum Gasteiger partial charge on any atom is 0.302 e. The number of halogens is 1. The van der Waals surface area contributed by atoms with Crippen molar-refractivity contribution in [3.05, 3.63) is 24.3 Å². The molecule has 122 valence electrons. The van der Waals surface area contributed by atoms with E-state index in [4.69, 9.17) is 0 Å². The number of hydrogen-bond acceptors (Lipinski definition) is 5. The minimum atomic E-state index is -4.64. The smallest absolute Gasteiger partial charge is 0.302 e. The van der Waals surface area contributed by atoms with Crippen molar-refractivity contribution in [3.63, 3.8) is 0 Å². The van der Waals surface area contributed by atoms with Crippen molar-refractivity contribution >= 4 is 37.5 Å². The molecule has 1 atom stereocenters. The summed E-state index contributed by atoms with van der Waals surface area (Å²) in [6.07, 6.45) is 0.940. The third kappa shape index (κ3) is 4.67. The molecule has 2 rings (SSSR count). The summed E-state index contributed by atoms with van der Waals surface area (Å²) in [5.74, 6) is -1.64. The van der Waals surface area contributed by atoms with E-state index in [2.05, 4.69) is 4.72 Å². The summed E-state index contributed by atoms with van der Waals surface area (Å²) in [4.78, 5) is 13.3. The molecule has 22 heavy (non-hydrogen) atoms. The van der Waals surface area contributed by atoms with Crippen LogP contribution in [0.3, 0.4) is 0 Å². The van der Waals surface area contributed by atoms with Crippen molar-refractivity contribution in [1.82, 2.24) is 0 Å². The summed E-state index contributed by atoms with van der Waals surface area (Å²) in [6.45, 7) is 0.0737. The minimum Gasteiger partial charge on any atom is -0.312 e. The predicted octanol–water partition coefficient (Wildman–Crippen LogP) is 0.710. The van der Waals surface area contributed by atoms with Crippen LogP contribution >= 0.6 is 0 Å². The largest absolute Gasteiger partial charge is 0.312 e. The number of carbonyl (C=O) groups excluding carboxylic acids is 1. The Morgan fingerprint density at radius 1 is 1.32 bits per heavy atom. The van der Waals surface area contributed by atoms with Gasteiger partial charge in [-0.1, -0.05) is 6.07 Å². The van der Waals surface area contributed by atoms with E-state index in [9.17, 15) is 25.5 Å². The van der Waals surface area contributed by atoms with Gasteiger partial charge in [0.15, 0.2) is 0 Å². The van der Waals surface area contributed by atoms with Gasteiger partial charge in [-0.05, 0) is 18.2 Å². The average Bonchev–Trinajstić information content (AvgIpc) is 2.65. The van der Waals surface area contributed by atoms with Crippen LogP contribution < -0.4 is 9.62 Å². The normalized spacial score (nSPS) is 19.5. The SMILES string of the molecule is CS(=O)(=O)Nc1cccc(N2CC(CS(=O)(=O)F)CC2=O)c1. The van der Waals surface area contributed by atoms with Crippen LogP contribution in [0.4, 0.5) is 15.3 Å². The molecule has 1 aromatic rings. The van der Waals surface area contributed by atoms with Gasteiger partial charge in [0.05, 0.1) is 17.7 Å². The Morgan fingerprint density at radius 2 is 2.00 bits per heavy atom. The molecule has 0 saturated carbocycles. The third-order valence-electron chi connectivity index (χ3n) is 3.10. The van der Waals surface area contributed by atoms with E-state index < -0.39 is 31.9 Å². The number of carbonyl (C=O) groups is 1. The van der Waals surface area contributed by atoms with Crippen LogP contribution in [-0.2, 0) is 25.0 Å². The Kier molecular flexibility index (Phi) is 4.43. The molecule has 1 heterocycles. The molecule has 0 spiro atoms. The lowest BCUT2D eigenvalue weighted by Crippen LogP contribution is -2.25. The molecular weight excluding hydrogens is 335 g/mol. The van der Waals surface area contributed by atoms with Gasteiger partial charge >= 0.3 is 10.2 Å². The molecule has 1 aliphatic heterocycles. The van der Waals surface area contributed by atoms with E-state index in [1.54, 1.807) is 12.1 Å². The highest BCUT2D eigenvalue weighted by atomic mass is 32.3. The highest BCUT2D eigenvalue weighted by Gasteiger charge is 2.33. The van der Waals surface area contributed by atoms with Gasteiger partial charge in [-0.15, -0.1) is 3.89 Å². The molecule has 1 fully saturated rings. The average molecular weight is 350 g/mol. The lowest BCUT2D eigenvalue weighted by molar-refractivity contribution is -0.117. The van der Waals surface area contributed by atoms with Crippen molar-refractivity contribution in [2.75, 3.05) is 28.2 Å². The maximum atomic E-state index is 12.7. The fourth-order valence-corrected chi connectivity index (χ4v) is 3.72. The summed E-state index contributed by atoms with van der Waals surface area (Å²) in [6, 6.07) is 6.15. The van der Waals surface area contributed by atoms with E-state index in [0.717, 1.165) is 6.26 Å². The van der Waals surface area contributed by atoms with Gasteiger partial charge in [0.1, 0.15) is 0 Å². The van der Waals surface area contributed by atoms with Crippen LogP contribution in [0.25, 0.3) is 0 Å². The Hall–Kier alpha value is -1.68.